The zero-order chi connectivity index (χ0) is 14.0. The lowest BCUT2D eigenvalue weighted by Gasteiger charge is -2.16. The first-order valence-corrected chi connectivity index (χ1v) is 7.40. The number of nitrogens with two attached hydrogens (primary N) is 1. The lowest BCUT2D eigenvalue weighted by molar-refractivity contribution is -0.123. The van der Waals surface area contributed by atoms with E-state index < -0.39 is 0 Å². The maximum atomic E-state index is 12.5. The molecule has 1 fully saturated rings. The molecule has 19 heavy (non-hydrogen) atoms. The highest BCUT2D eigenvalue weighted by Crippen LogP contribution is 2.33. The molecule has 5 heteroatoms. The number of rotatable bonds is 5. The van der Waals surface area contributed by atoms with Crippen molar-refractivity contribution < 1.29 is 4.79 Å². The normalized spacial score (nSPS) is 22.9. The Morgan fingerprint density at radius 3 is 2.89 bits per heavy atom. The Morgan fingerprint density at radius 2 is 2.26 bits per heavy atom. The summed E-state index contributed by atoms with van der Waals surface area (Å²) in [4.78, 5) is 12.5. The van der Waals surface area contributed by atoms with Gasteiger partial charge in [-0.25, -0.2) is 0 Å². The predicted molar refractivity (Wildman–Crippen MR) is 76.2 cm³/mol. The molecule has 2 atom stereocenters. The van der Waals surface area contributed by atoms with E-state index in [1.165, 1.54) is 0 Å². The summed E-state index contributed by atoms with van der Waals surface area (Å²) < 4.78 is 1.84. The van der Waals surface area contributed by atoms with E-state index in [0.29, 0.717) is 23.9 Å². The first-order chi connectivity index (χ1) is 9.08. The molecule has 2 N–H and O–H groups in total. The summed E-state index contributed by atoms with van der Waals surface area (Å²) in [6, 6.07) is 0. The van der Waals surface area contributed by atoms with E-state index in [-0.39, 0.29) is 11.7 Å². The minimum atomic E-state index is 0.113. The number of Topliss-reactive ketones (excluding diaryl/α,β-unsaturated/α-hetero) is 1. The van der Waals surface area contributed by atoms with Crippen LogP contribution < -0.4 is 5.73 Å². The minimum Gasteiger partial charge on any atom is -0.330 e. The second-order valence-corrected chi connectivity index (χ2v) is 5.72. The van der Waals surface area contributed by atoms with Gasteiger partial charge in [0.1, 0.15) is 5.78 Å². The Kier molecular flexibility index (Phi) is 4.63. The number of ketones is 1. The quantitative estimate of drug-likeness (QED) is 0.902. The van der Waals surface area contributed by atoms with Crippen molar-refractivity contribution in [2.24, 2.45) is 17.6 Å². The number of carbonyl (C=O) groups is 1. The average molecular weight is 284 g/mol. The largest absolute Gasteiger partial charge is 0.330 e. The molecule has 0 aromatic carbocycles. The lowest BCUT2D eigenvalue weighted by atomic mass is 9.90. The van der Waals surface area contributed by atoms with Crippen molar-refractivity contribution in [2.75, 3.05) is 6.54 Å². The number of nitrogens with zero attached hydrogens (tertiary/aromatic N) is 2. The van der Waals surface area contributed by atoms with E-state index in [4.69, 9.17) is 17.3 Å². The van der Waals surface area contributed by atoms with E-state index in [1.807, 2.05) is 18.5 Å². The van der Waals surface area contributed by atoms with Gasteiger partial charge in [0.05, 0.1) is 22.8 Å². The number of aryl methyl sites for hydroxylation is 2. The number of hydrogen-bond acceptors (Lipinski definition) is 3. The van der Waals surface area contributed by atoms with E-state index >= 15 is 0 Å². The van der Waals surface area contributed by atoms with Crippen LogP contribution in [0.3, 0.4) is 0 Å². The molecular formula is C14H22ClN3O. The maximum absolute atomic E-state index is 12.5. The Balaban J connectivity index is 2.15. The molecule has 2 rings (SSSR count). The topological polar surface area (TPSA) is 60.9 Å². The molecule has 4 nitrogen and oxygen atoms in total. The van der Waals surface area contributed by atoms with E-state index in [1.54, 1.807) is 0 Å². The second-order valence-electron chi connectivity index (χ2n) is 5.34. The van der Waals surface area contributed by atoms with Crippen LogP contribution >= 0.6 is 11.6 Å². The molecule has 1 aromatic rings. The lowest BCUT2D eigenvalue weighted by Crippen LogP contribution is -2.27. The SMILES string of the molecule is CCn1nc(C)c(Cl)c1CC(=O)C1CCCC1CN. The van der Waals surface area contributed by atoms with Crippen LogP contribution in [0.5, 0.6) is 0 Å². The van der Waals surface area contributed by atoms with Gasteiger partial charge < -0.3 is 5.73 Å². The van der Waals surface area contributed by atoms with Crippen molar-refractivity contribution in [3.8, 4) is 0 Å². The van der Waals surface area contributed by atoms with Gasteiger partial charge in [-0.2, -0.15) is 5.10 Å². The monoisotopic (exact) mass is 283 g/mol. The van der Waals surface area contributed by atoms with Crippen LogP contribution in [-0.2, 0) is 17.8 Å². The third-order valence-electron chi connectivity index (χ3n) is 4.17. The molecule has 0 saturated heterocycles. The van der Waals surface area contributed by atoms with Crippen LogP contribution in [0, 0.1) is 18.8 Å². The van der Waals surface area contributed by atoms with Gasteiger partial charge in [0, 0.05) is 12.5 Å². The first-order valence-electron chi connectivity index (χ1n) is 7.03. The second kappa shape index (κ2) is 6.06. The molecular weight excluding hydrogens is 262 g/mol. The summed E-state index contributed by atoms with van der Waals surface area (Å²) in [6.07, 6.45) is 3.54. The van der Waals surface area contributed by atoms with Crippen molar-refractivity contribution >= 4 is 17.4 Å². The van der Waals surface area contributed by atoms with Gasteiger partial charge in [0.2, 0.25) is 0 Å². The molecule has 0 amide bonds. The summed E-state index contributed by atoms with van der Waals surface area (Å²) in [5.41, 5.74) is 7.40. The van der Waals surface area contributed by atoms with Gasteiger partial charge in [0.15, 0.2) is 0 Å². The van der Waals surface area contributed by atoms with Crippen LogP contribution in [0.4, 0.5) is 0 Å². The zero-order valence-electron chi connectivity index (χ0n) is 11.7. The van der Waals surface area contributed by atoms with Crippen LogP contribution in [0.15, 0.2) is 0 Å². The number of hydrogen-bond donors (Lipinski definition) is 1. The van der Waals surface area contributed by atoms with E-state index in [9.17, 15) is 4.79 Å². The smallest absolute Gasteiger partial charge is 0.142 e. The molecule has 2 unspecified atom stereocenters. The fraction of sp³-hybridized carbons (Fsp3) is 0.714. The highest BCUT2D eigenvalue weighted by Gasteiger charge is 2.32. The summed E-state index contributed by atoms with van der Waals surface area (Å²) >= 11 is 6.25. The summed E-state index contributed by atoms with van der Waals surface area (Å²) in [5, 5.41) is 4.99. The number of aromatic nitrogens is 2. The highest BCUT2D eigenvalue weighted by molar-refractivity contribution is 6.32. The van der Waals surface area contributed by atoms with Crippen LogP contribution in [0.1, 0.15) is 37.6 Å². The predicted octanol–water partition coefficient (Wildman–Crippen LogP) is 2.35. The molecule has 1 saturated carbocycles. The minimum absolute atomic E-state index is 0.113. The Bertz CT molecular complexity index is 470. The van der Waals surface area contributed by atoms with Crippen molar-refractivity contribution in [1.29, 1.82) is 0 Å². The summed E-state index contributed by atoms with van der Waals surface area (Å²) in [5.74, 6) is 0.733. The molecule has 1 aromatic heterocycles. The highest BCUT2D eigenvalue weighted by atomic mass is 35.5. The van der Waals surface area contributed by atoms with Crippen molar-refractivity contribution in [2.45, 2.75) is 46.1 Å². The fourth-order valence-electron chi connectivity index (χ4n) is 3.08. The standard InChI is InChI=1S/C14H22ClN3O/c1-3-18-12(14(15)9(2)17-18)7-13(19)11-6-4-5-10(11)8-16/h10-11H,3-8,16H2,1-2H3. The Labute approximate surface area is 119 Å². The zero-order valence-corrected chi connectivity index (χ0v) is 12.4. The molecule has 1 aliphatic rings. The van der Waals surface area contributed by atoms with Gasteiger partial charge >= 0.3 is 0 Å². The van der Waals surface area contributed by atoms with Gasteiger partial charge in [-0.3, -0.25) is 9.48 Å². The van der Waals surface area contributed by atoms with E-state index in [2.05, 4.69) is 5.10 Å². The van der Waals surface area contributed by atoms with Gasteiger partial charge in [-0.05, 0) is 39.2 Å². The number of halogens is 1. The van der Waals surface area contributed by atoms with Crippen molar-refractivity contribution in [3.05, 3.63) is 16.4 Å². The molecule has 1 heterocycles. The third-order valence-corrected chi connectivity index (χ3v) is 4.66. The molecule has 1 aliphatic carbocycles. The Morgan fingerprint density at radius 1 is 1.53 bits per heavy atom. The van der Waals surface area contributed by atoms with Crippen LogP contribution in [-0.4, -0.2) is 22.1 Å². The molecule has 0 radical (unpaired) electrons. The maximum Gasteiger partial charge on any atom is 0.142 e. The van der Waals surface area contributed by atoms with Gasteiger partial charge in [0.25, 0.3) is 0 Å². The fourth-order valence-corrected chi connectivity index (χ4v) is 3.28. The average Bonchev–Trinajstić information content (AvgIpc) is 2.98. The Hall–Kier alpha value is -0.870. The molecule has 0 bridgehead atoms. The number of carbonyl (C=O) groups excluding carboxylic acids is 1. The first kappa shape index (κ1) is 14.5. The summed E-state index contributed by atoms with van der Waals surface area (Å²) in [6.45, 7) is 5.23. The van der Waals surface area contributed by atoms with Crippen molar-refractivity contribution in [1.82, 2.24) is 9.78 Å². The van der Waals surface area contributed by atoms with Gasteiger partial charge in [-0.15, -0.1) is 0 Å². The molecule has 106 valence electrons. The van der Waals surface area contributed by atoms with E-state index in [0.717, 1.165) is 37.2 Å². The van der Waals surface area contributed by atoms with Crippen LogP contribution in [0.2, 0.25) is 5.02 Å². The van der Waals surface area contributed by atoms with Gasteiger partial charge in [-0.1, -0.05) is 18.0 Å². The summed E-state index contributed by atoms with van der Waals surface area (Å²) in [7, 11) is 0. The molecule has 0 aliphatic heterocycles. The third kappa shape index (κ3) is 2.84. The van der Waals surface area contributed by atoms with Crippen molar-refractivity contribution in [3.63, 3.8) is 0 Å². The molecule has 0 spiro atoms. The van der Waals surface area contributed by atoms with Crippen LogP contribution in [0.25, 0.3) is 0 Å².